The van der Waals surface area contributed by atoms with E-state index in [1.165, 1.54) is 0 Å². The van der Waals surface area contributed by atoms with E-state index in [9.17, 15) is 0 Å². The molecule has 3 fully saturated rings. The van der Waals surface area contributed by atoms with Gasteiger partial charge in [-0.05, 0) is 0 Å². The van der Waals surface area contributed by atoms with E-state index in [0.29, 0.717) is 0 Å². The molecule has 0 aliphatic carbocycles. The van der Waals surface area contributed by atoms with Gasteiger partial charge in [-0.3, -0.25) is 0 Å². The summed E-state index contributed by atoms with van der Waals surface area (Å²) in [6.07, 6.45) is 0. The van der Waals surface area contributed by atoms with Crippen LogP contribution in [0.3, 0.4) is 0 Å². The van der Waals surface area contributed by atoms with Gasteiger partial charge in [0.15, 0.2) is 0 Å². The van der Waals surface area contributed by atoms with Crippen LogP contribution in [0.4, 0.5) is 0 Å². The van der Waals surface area contributed by atoms with E-state index in [4.69, 9.17) is 0 Å². The first-order valence-electron chi connectivity index (χ1n) is 1.32. The van der Waals surface area contributed by atoms with Crippen LogP contribution < -0.4 is 0 Å². The van der Waals surface area contributed by atoms with Crippen molar-refractivity contribution < 1.29 is 0 Å². The van der Waals surface area contributed by atoms with E-state index in [1.54, 1.807) is 0 Å². The van der Waals surface area contributed by atoms with Crippen molar-refractivity contribution in [2.24, 2.45) is 0 Å². The summed E-state index contributed by atoms with van der Waals surface area (Å²) < 4.78 is -0.215. The fourth-order valence-corrected chi connectivity index (χ4v) is 73.6. The first kappa shape index (κ1) is 2.98. The Morgan fingerprint density at radius 1 is 1.20 bits per heavy atom. The van der Waals surface area contributed by atoms with E-state index >= 15 is 0 Å². The van der Waals surface area contributed by atoms with E-state index in [-0.39, 0.29) is 10.8 Å². The molecule has 0 aromatic carbocycles. The second-order valence-electron chi connectivity index (χ2n) is 1.20. The van der Waals surface area contributed by atoms with Crippen LogP contribution in [-0.2, 0) is 0 Å². The van der Waals surface area contributed by atoms with Gasteiger partial charge in [-0.15, -0.1) is 0 Å². The molecule has 3 aliphatic heterocycles. The first-order chi connectivity index (χ1) is 2.37. The minimum atomic E-state index is -0.215. The molecule has 0 bridgehead atoms. The topological polar surface area (TPSA) is 0 Å². The minimum absolute atomic E-state index is 0.215. The maximum atomic E-state index is 2.35. The van der Waals surface area contributed by atoms with Crippen LogP contribution in [-0.4, -0.2) is 0 Å². The van der Waals surface area contributed by atoms with Crippen LogP contribution in [0, 0.1) is 0 Å². The fraction of sp³-hybridized carbons (Fsp3) is 0. The third-order valence-corrected chi connectivity index (χ3v) is 56.4. The maximum absolute atomic E-state index is 2.35. The van der Waals surface area contributed by atoms with E-state index in [1.807, 2.05) is 0 Å². The zero-order chi connectivity index (χ0) is 3.12. The third kappa shape index (κ3) is 0.164. The number of hydrogen-bond donors (Lipinski definition) is 0. The molecule has 5 heteroatoms. The molecule has 3 saturated heterocycles. The van der Waals surface area contributed by atoms with Crippen molar-refractivity contribution in [2.45, 2.75) is 0 Å². The van der Waals surface area contributed by atoms with Crippen molar-refractivity contribution in [1.82, 2.24) is 0 Å². The van der Waals surface area contributed by atoms with E-state index in [2.05, 4.69) is 31.2 Å². The molecule has 0 unspecified atom stereocenters. The molecule has 3 aliphatic rings. The van der Waals surface area contributed by atoms with Crippen LogP contribution >= 0.6 is 42.1 Å². The number of rotatable bonds is 0. The van der Waals surface area contributed by atoms with Crippen LogP contribution in [0.5, 0.6) is 0 Å². The van der Waals surface area contributed by atoms with Crippen molar-refractivity contribution in [3.63, 3.8) is 0 Å². The zero-order valence-electron chi connectivity index (χ0n) is 2.13. The van der Waals surface area contributed by atoms with Gasteiger partial charge in [0.1, 0.15) is 0 Å². The Kier molecular flexibility index (Phi) is 0.286. The summed E-state index contributed by atoms with van der Waals surface area (Å²) in [5.74, 6) is 0. The van der Waals surface area contributed by atoms with Gasteiger partial charge in [-0.1, -0.05) is 0 Å². The predicted molar refractivity (Wildman–Crippen MR) is 38.7 cm³/mol. The molecule has 0 radical (unpaired) electrons. The quantitative estimate of drug-likeness (QED) is 0.303. The molecule has 3 rings (SSSR count). The summed E-state index contributed by atoms with van der Waals surface area (Å²) in [7, 11) is 7.04. The van der Waals surface area contributed by atoms with E-state index < -0.39 is 0 Å². The van der Waals surface area contributed by atoms with Crippen LogP contribution in [0.25, 0.3) is 0 Å². The van der Waals surface area contributed by atoms with Crippen LogP contribution in [0.15, 0.2) is 0 Å². The monoisotopic (exact) mass is 160 g/mol. The van der Waals surface area contributed by atoms with E-state index in [0.717, 1.165) is 0 Å². The molecule has 0 atom stereocenters. The van der Waals surface area contributed by atoms with Crippen molar-refractivity contribution >= 4 is 42.1 Å². The number of hydrogen-bond acceptors (Lipinski definition) is 3. The Balaban J connectivity index is 2.58. The van der Waals surface area contributed by atoms with Crippen molar-refractivity contribution in [3.05, 3.63) is 0 Å². The Labute approximate surface area is 42.1 Å². The molecular formula is HPS4. The van der Waals surface area contributed by atoms with Crippen molar-refractivity contribution in [1.29, 1.82) is 0 Å². The molecule has 0 aromatic heterocycles. The average Bonchev–Trinajstić information content (AvgIpc) is 1.30. The summed E-state index contributed by atoms with van der Waals surface area (Å²) in [5, 5.41) is 0. The summed E-state index contributed by atoms with van der Waals surface area (Å²) in [5.41, 5.74) is 0. The van der Waals surface area contributed by atoms with Crippen molar-refractivity contribution in [2.75, 3.05) is 0 Å². The van der Waals surface area contributed by atoms with Crippen LogP contribution in [0.1, 0.15) is 0 Å². The van der Waals surface area contributed by atoms with Gasteiger partial charge in [-0.2, -0.15) is 0 Å². The molecule has 0 saturated carbocycles. The molecule has 5 heavy (non-hydrogen) atoms. The van der Waals surface area contributed by atoms with Crippen LogP contribution in [0.2, 0.25) is 0 Å². The molecule has 0 nitrogen and oxygen atoms in total. The Bertz CT molecular complexity index is 85.0. The molecule has 30 valence electrons. The third-order valence-electron chi connectivity index (χ3n) is 0.862. The van der Waals surface area contributed by atoms with Crippen molar-refractivity contribution in [3.8, 4) is 0 Å². The predicted octanol–water partition coefficient (Wildman–Crippen LogP) is 3.19. The molecule has 0 aromatic rings. The van der Waals surface area contributed by atoms with Gasteiger partial charge < -0.3 is 0 Å². The van der Waals surface area contributed by atoms with Gasteiger partial charge >= 0.3 is 42.1 Å². The zero-order valence-corrected chi connectivity index (χ0v) is 6.40. The van der Waals surface area contributed by atoms with Gasteiger partial charge in [0.2, 0.25) is 0 Å². The van der Waals surface area contributed by atoms with Gasteiger partial charge in [0, 0.05) is 0 Å². The Morgan fingerprint density at radius 2 is 1.40 bits per heavy atom. The Morgan fingerprint density at radius 3 is 1.40 bits per heavy atom. The first-order valence-corrected chi connectivity index (χ1v) is 11.8. The second kappa shape index (κ2) is 0.480. The Hall–Kier alpha value is 1.83. The fourth-order valence-electron chi connectivity index (χ4n) is 0.371. The summed E-state index contributed by atoms with van der Waals surface area (Å²) in [6.45, 7) is 0.285. The summed E-state index contributed by atoms with van der Waals surface area (Å²) >= 11 is 0. The summed E-state index contributed by atoms with van der Waals surface area (Å²) in [6, 6.07) is 0. The SMILES string of the molecule is S1[PH]23SS12S3. The van der Waals surface area contributed by atoms with Gasteiger partial charge in [0.25, 0.3) is 0 Å². The summed E-state index contributed by atoms with van der Waals surface area (Å²) in [4.78, 5) is 0. The molecule has 3 heterocycles. The van der Waals surface area contributed by atoms with Gasteiger partial charge in [0.05, 0.1) is 0 Å². The molecule has 0 N–H and O–H groups in total. The second-order valence-corrected chi connectivity index (χ2v) is 32.5. The molecule has 0 spiro atoms. The normalized spacial score (nSPS) is 91.2. The standard InChI is InChI=1S/HPS4/c2-1-3-5(1,2)4-1/h1H. The average molecular weight is 160 g/mol. The van der Waals surface area contributed by atoms with Gasteiger partial charge in [-0.25, -0.2) is 0 Å². The molecule has 0 amide bonds. The molecular weight excluding hydrogens is 159 g/mol.